The molecule has 7 aromatic rings. The van der Waals surface area contributed by atoms with Crippen molar-refractivity contribution in [2.45, 2.75) is 0 Å². The minimum Gasteiger partial charge on any atom is -0.0622 e. The fourth-order valence-corrected chi connectivity index (χ4v) is 9.45. The standard InChI is InChI=1S/2C18H15P.C7H5O.ClH.Pd/c2*1-4-10-16(11-5-1)19(17-12-6-2-7-13-17)18-14-8-3-9-15-18;8-6-7-4-2-1-3-5-7;;/h2*1-15H;2-6H;1H;/q;;-1;;+2/p-1. The zero-order valence-corrected chi connectivity index (χ0v) is 30.3. The molecule has 0 radical (unpaired) electrons. The molecule has 7 rings (SSSR count). The fraction of sp³-hybridized carbons (Fsp3) is 0. The Kier molecular flexibility index (Phi) is 16.7. The fourth-order valence-electron chi connectivity index (χ4n) is 4.84. The van der Waals surface area contributed by atoms with Crippen molar-refractivity contribution in [3.63, 3.8) is 0 Å². The first-order valence-electron chi connectivity index (χ1n) is 15.3. The van der Waals surface area contributed by atoms with Gasteiger partial charge in [-0.1, -0.05) is 188 Å². The van der Waals surface area contributed by atoms with E-state index in [9.17, 15) is 4.79 Å². The van der Waals surface area contributed by atoms with Gasteiger partial charge in [-0.3, -0.25) is 0 Å². The second-order valence-electron chi connectivity index (χ2n) is 10.1. The van der Waals surface area contributed by atoms with Gasteiger partial charge in [-0.25, -0.2) is 0 Å². The Morgan fingerprint density at radius 2 is 0.583 bits per heavy atom. The van der Waals surface area contributed by atoms with E-state index >= 15 is 0 Å². The zero-order valence-electron chi connectivity index (χ0n) is 26.2. The maximum atomic E-state index is 9.99. The van der Waals surface area contributed by atoms with Gasteiger partial charge in [0.2, 0.25) is 0 Å². The molecule has 0 bridgehead atoms. The molecule has 7 aromatic carbocycles. The van der Waals surface area contributed by atoms with Gasteiger partial charge in [-0.2, -0.15) is 30.3 Å². The van der Waals surface area contributed by atoms with Gasteiger partial charge in [0, 0.05) is 0 Å². The van der Waals surface area contributed by atoms with Crippen LogP contribution in [0.25, 0.3) is 0 Å². The third-order valence-corrected chi connectivity index (χ3v) is 11.9. The molecule has 0 unspecified atom stereocenters. The number of carbonyl (C=O) groups excluding carboxylic acids is 1. The summed E-state index contributed by atoms with van der Waals surface area (Å²) in [5, 5.41) is 8.39. The number of halogens is 1. The Bertz CT molecular complexity index is 1520. The van der Waals surface area contributed by atoms with Crippen LogP contribution >= 0.6 is 25.4 Å². The van der Waals surface area contributed by atoms with E-state index in [0.717, 1.165) is 6.29 Å². The third-order valence-electron chi connectivity index (χ3n) is 6.97. The number of hydrogen-bond acceptors (Lipinski definition) is 1. The van der Waals surface area contributed by atoms with Crippen molar-refractivity contribution >= 4 is 63.5 Å². The van der Waals surface area contributed by atoms with E-state index in [1.54, 1.807) is 24.3 Å². The molecular weight excluding hydrogens is 736 g/mol. The zero-order chi connectivity index (χ0) is 33.7. The summed E-state index contributed by atoms with van der Waals surface area (Å²) in [7, 11) is 3.60. The van der Waals surface area contributed by atoms with Crippen LogP contribution in [0.4, 0.5) is 0 Å². The van der Waals surface area contributed by atoms with Gasteiger partial charge in [0.25, 0.3) is 0 Å². The number of carbonyl (C=O) groups is 1. The van der Waals surface area contributed by atoms with Crippen molar-refractivity contribution in [1.29, 1.82) is 0 Å². The minimum atomic E-state index is -0.446. The van der Waals surface area contributed by atoms with Crippen molar-refractivity contribution in [2.24, 2.45) is 0 Å². The van der Waals surface area contributed by atoms with Crippen molar-refractivity contribution in [3.05, 3.63) is 218 Å². The monoisotopic (exact) mass is 770 g/mol. The Balaban J connectivity index is 0.000000170. The van der Waals surface area contributed by atoms with Crippen LogP contribution in [0.5, 0.6) is 0 Å². The van der Waals surface area contributed by atoms with E-state index in [4.69, 9.17) is 0 Å². The second-order valence-corrected chi connectivity index (χ2v) is 14.6. The maximum absolute atomic E-state index is 9.99. The van der Waals surface area contributed by atoms with Crippen molar-refractivity contribution in [3.8, 4) is 0 Å². The molecule has 0 aromatic heterocycles. The topological polar surface area (TPSA) is 17.1 Å². The van der Waals surface area contributed by atoms with Crippen LogP contribution in [0.2, 0.25) is 0 Å². The molecule has 0 saturated carbocycles. The van der Waals surface area contributed by atoms with Crippen LogP contribution in [0.1, 0.15) is 10.4 Å². The van der Waals surface area contributed by atoms with Crippen LogP contribution in [0.15, 0.2) is 206 Å². The summed E-state index contributed by atoms with van der Waals surface area (Å²) in [4.78, 5) is 9.99. The van der Waals surface area contributed by atoms with E-state index < -0.39 is 15.8 Å². The van der Waals surface area contributed by atoms with Crippen molar-refractivity contribution in [2.75, 3.05) is 0 Å². The summed E-state index contributed by atoms with van der Waals surface area (Å²) in [5.41, 5.74) is 0.698. The van der Waals surface area contributed by atoms with E-state index in [1.807, 2.05) is 0 Å². The van der Waals surface area contributed by atoms with Gasteiger partial charge in [-0.15, -0.1) is 0 Å². The number of hydrogen-bond donors (Lipinski definition) is 0. The summed E-state index contributed by atoms with van der Waals surface area (Å²) in [6.07, 6.45) is 0.813. The van der Waals surface area contributed by atoms with Gasteiger partial charge in [-0.05, 0) is 47.7 Å². The smallest absolute Gasteiger partial charge is 0.0134 e. The normalized spacial score (nSPS) is 9.94. The largest absolute Gasteiger partial charge is 0.0622 e. The van der Waals surface area contributed by atoms with Crippen LogP contribution in [-0.2, 0) is 18.2 Å². The number of benzene rings is 7. The Hall–Kier alpha value is -3.98. The van der Waals surface area contributed by atoms with Gasteiger partial charge in [0.15, 0.2) is 0 Å². The molecule has 5 heteroatoms. The SMILES string of the molecule is O=Cc1cc[c-]cc1.[Cl][Pd+].c1ccc(P(c2ccccc2)c2ccccc2)cc1.c1ccc(P(c2ccccc2)c2ccccc2)cc1. The predicted molar refractivity (Wildman–Crippen MR) is 207 cm³/mol. The van der Waals surface area contributed by atoms with Gasteiger partial charge >= 0.3 is 27.7 Å². The van der Waals surface area contributed by atoms with Crippen molar-refractivity contribution < 1.29 is 23.0 Å². The van der Waals surface area contributed by atoms with Crippen molar-refractivity contribution in [1.82, 2.24) is 0 Å². The first-order chi connectivity index (χ1) is 23.8. The summed E-state index contributed by atoms with van der Waals surface area (Å²) in [6.45, 7) is 0. The molecule has 1 nitrogen and oxygen atoms in total. The average Bonchev–Trinajstić information content (AvgIpc) is 3.19. The molecule has 0 amide bonds. The van der Waals surface area contributed by atoms with Crippen LogP contribution in [-0.4, -0.2) is 6.29 Å². The quantitative estimate of drug-likeness (QED) is 0.0686. The molecule has 0 N–H and O–H groups in total. The summed E-state index contributed by atoms with van der Waals surface area (Å²) in [5.74, 6) is 0. The minimum absolute atomic E-state index is 0.446. The molecule has 0 fully saturated rings. The van der Waals surface area contributed by atoms with E-state index in [0.29, 0.717) is 5.56 Å². The summed E-state index contributed by atoms with van der Waals surface area (Å²) < 4.78 is 0. The molecular formula is C43H35ClOP2Pd. The van der Waals surface area contributed by atoms with Gasteiger partial charge in [0.1, 0.15) is 6.29 Å². The molecule has 0 saturated heterocycles. The van der Waals surface area contributed by atoms with Crippen LogP contribution in [0.3, 0.4) is 0 Å². The Morgan fingerprint density at radius 3 is 0.750 bits per heavy atom. The predicted octanol–water partition coefficient (Wildman–Crippen LogP) is 8.88. The van der Waals surface area contributed by atoms with E-state index in [-0.39, 0.29) is 0 Å². The molecule has 0 heterocycles. The molecule has 240 valence electrons. The first-order valence-corrected chi connectivity index (χ1v) is 20.0. The Morgan fingerprint density at radius 1 is 0.375 bits per heavy atom. The third kappa shape index (κ3) is 11.6. The van der Waals surface area contributed by atoms with Gasteiger partial charge in [0.05, 0.1) is 0 Å². The molecule has 0 spiro atoms. The Labute approximate surface area is 302 Å². The first kappa shape index (κ1) is 36.9. The number of aldehydes is 1. The molecule has 0 aliphatic heterocycles. The summed E-state index contributed by atoms with van der Waals surface area (Å²) >= 11 is 2.22. The molecule has 0 atom stereocenters. The van der Waals surface area contributed by atoms with Gasteiger partial charge < -0.3 is 4.79 Å². The number of rotatable bonds is 7. The van der Waals surface area contributed by atoms with Crippen LogP contribution < -0.4 is 31.8 Å². The summed E-state index contributed by atoms with van der Waals surface area (Å²) in [6, 6.07) is 74.3. The molecule has 48 heavy (non-hydrogen) atoms. The van der Waals surface area contributed by atoms with E-state index in [2.05, 4.69) is 216 Å². The second kappa shape index (κ2) is 21.8. The molecule has 0 aliphatic carbocycles. The average molecular weight is 772 g/mol. The molecule has 0 aliphatic rings. The maximum Gasteiger partial charge on any atom is -0.0134 e. The van der Waals surface area contributed by atoms with E-state index in [1.165, 1.54) is 31.8 Å². The van der Waals surface area contributed by atoms with Crippen LogP contribution in [0, 0.1) is 6.07 Å².